The summed E-state index contributed by atoms with van der Waals surface area (Å²) in [7, 11) is 0. The van der Waals surface area contributed by atoms with Crippen LogP contribution in [0.2, 0.25) is 0 Å². The monoisotopic (exact) mass is 242 g/mol. The molecule has 100 valence electrons. The lowest BCUT2D eigenvalue weighted by atomic mass is 9.91. The van der Waals surface area contributed by atoms with Crippen molar-refractivity contribution in [2.24, 2.45) is 0 Å². The molecule has 17 heavy (non-hydrogen) atoms. The van der Waals surface area contributed by atoms with E-state index in [4.69, 9.17) is 4.74 Å². The lowest BCUT2D eigenvalue weighted by Crippen LogP contribution is -2.55. The Morgan fingerprint density at radius 2 is 1.71 bits per heavy atom. The molecule has 0 bridgehead atoms. The topological polar surface area (TPSA) is 35.9 Å². The van der Waals surface area contributed by atoms with E-state index in [0.29, 0.717) is 0 Å². The van der Waals surface area contributed by atoms with Crippen molar-refractivity contribution in [1.82, 2.24) is 9.80 Å². The Morgan fingerprint density at radius 3 is 2.12 bits per heavy atom. The van der Waals surface area contributed by atoms with Crippen LogP contribution in [0.3, 0.4) is 0 Å². The van der Waals surface area contributed by atoms with Crippen LogP contribution in [0.5, 0.6) is 0 Å². The van der Waals surface area contributed by atoms with E-state index in [1.807, 2.05) is 25.7 Å². The number of aliphatic hydroxyl groups excluding tert-OH is 1. The van der Waals surface area contributed by atoms with E-state index in [1.165, 1.54) is 19.3 Å². The third-order valence-electron chi connectivity index (χ3n) is 3.71. The molecule has 0 aromatic heterocycles. The van der Waals surface area contributed by atoms with Gasteiger partial charge in [0.2, 0.25) is 6.41 Å². The average Bonchev–Trinajstić information content (AvgIpc) is 2.13. The SMILES string of the molecule is CC(C)(C)OC(O)N1CCN(C2CCC2)CC1. The second-order valence-electron chi connectivity index (χ2n) is 6.21. The zero-order chi connectivity index (χ0) is 12.5. The molecule has 1 aliphatic heterocycles. The highest BCUT2D eigenvalue weighted by Gasteiger charge is 2.31. The Hall–Kier alpha value is -0.160. The number of aliphatic hydroxyl groups is 1. The van der Waals surface area contributed by atoms with Crippen LogP contribution in [0.15, 0.2) is 0 Å². The zero-order valence-electron chi connectivity index (χ0n) is 11.4. The fourth-order valence-corrected chi connectivity index (χ4v) is 2.47. The van der Waals surface area contributed by atoms with Crippen LogP contribution < -0.4 is 0 Å². The molecule has 1 atom stereocenters. The van der Waals surface area contributed by atoms with Crippen LogP contribution in [0.1, 0.15) is 40.0 Å². The van der Waals surface area contributed by atoms with Gasteiger partial charge in [0.15, 0.2) is 0 Å². The van der Waals surface area contributed by atoms with E-state index < -0.39 is 6.41 Å². The van der Waals surface area contributed by atoms with Gasteiger partial charge in [-0.15, -0.1) is 0 Å². The molecule has 4 heteroatoms. The largest absolute Gasteiger partial charge is 0.356 e. The van der Waals surface area contributed by atoms with Gasteiger partial charge in [0.25, 0.3) is 0 Å². The summed E-state index contributed by atoms with van der Waals surface area (Å²) in [6.45, 7) is 9.87. The van der Waals surface area contributed by atoms with E-state index in [2.05, 4.69) is 4.90 Å². The molecule has 1 saturated carbocycles. The molecule has 1 aliphatic carbocycles. The van der Waals surface area contributed by atoms with Crippen LogP contribution in [-0.4, -0.2) is 59.1 Å². The Morgan fingerprint density at radius 1 is 1.12 bits per heavy atom. The molecule has 1 saturated heterocycles. The fourth-order valence-electron chi connectivity index (χ4n) is 2.47. The first-order valence-corrected chi connectivity index (χ1v) is 6.80. The van der Waals surface area contributed by atoms with Gasteiger partial charge in [0.1, 0.15) is 0 Å². The van der Waals surface area contributed by atoms with Gasteiger partial charge < -0.3 is 9.84 Å². The van der Waals surface area contributed by atoms with Crippen LogP contribution in [0.4, 0.5) is 0 Å². The third-order valence-corrected chi connectivity index (χ3v) is 3.71. The summed E-state index contributed by atoms with van der Waals surface area (Å²) in [6.07, 6.45) is 3.36. The van der Waals surface area contributed by atoms with E-state index in [1.54, 1.807) is 0 Å². The summed E-state index contributed by atoms with van der Waals surface area (Å²) < 4.78 is 5.58. The van der Waals surface area contributed by atoms with Crippen molar-refractivity contribution < 1.29 is 9.84 Å². The molecule has 2 fully saturated rings. The molecular weight excluding hydrogens is 216 g/mol. The number of piperazine rings is 1. The smallest absolute Gasteiger partial charge is 0.216 e. The van der Waals surface area contributed by atoms with Crippen molar-refractivity contribution >= 4 is 0 Å². The van der Waals surface area contributed by atoms with Gasteiger partial charge >= 0.3 is 0 Å². The Kier molecular flexibility index (Phi) is 4.08. The molecule has 0 aromatic rings. The van der Waals surface area contributed by atoms with Crippen molar-refractivity contribution in [3.63, 3.8) is 0 Å². The Balaban J connectivity index is 1.74. The van der Waals surface area contributed by atoms with Crippen LogP contribution in [0, 0.1) is 0 Å². The first-order chi connectivity index (χ1) is 7.96. The van der Waals surface area contributed by atoms with Gasteiger partial charge in [-0.3, -0.25) is 9.80 Å². The van der Waals surface area contributed by atoms with Crippen molar-refractivity contribution in [3.05, 3.63) is 0 Å². The van der Waals surface area contributed by atoms with Gasteiger partial charge in [-0.2, -0.15) is 0 Å². The molecule has 1 N–H and O–H groups in total. The summed E-state index contributed by atoms with van der Waals surface area (Å²) in [5.41, 5.74) is -0.287. The van der Waals surface area contributed by atoms with Gasteiger partial charge in [-0.25, -0.2) is 0 Å². The first-order valence-electron chi connectivity index (χ1n) is 6.80. The molecule has 0 spiro atoms. The predicted molar refractivity (Wildman–Crippen MR) is 67.6 cm³/mol. The predicted octanol–water partition coefficient (Wildman–Crippen LogP) is 1.25. The third kappa shape index (κ3) is 3.65. The molecule has 2 aliphatic rings. The second kappa shape index (κ2) is 5.22. The highest BCUT2D eigenvalue weighted by atomic mass is 16.6. The molecule has 1 heterocycles. The Bertz CT molecular complexity index is 240. The van der Waals surface area contributed by atoms with Gasteiger partial charge in [-0.05, 0) is 33.6 Å². The number of nitrogens with zero attached hydrogens (tertiary/aromatic N) is 2. The molecule has 4 nitrogen and oxygen atoms in total. The van der Waals surface area contributed by atoms with E-state index in [-0.39, 0.29) is 5.60 Å². The first kappa shape index (κ1) is 13.3. The fraction of sp³-hybridized carbons (Fsp3) is 1.00. The minimum Gasteiger partial charge on any atom is -0.356 e. The average molecular weight is 242 g/mol. The van der Waals surface area contributed by atoms with Crippen molar-refractivity contribution in [2.45, 2.75) is 58.1 Å². The molecular formula is C13H26N2O2. The standard InChI is InChI=1S/C13H26N2O2/c1-13(2,3)17-12(16)15-9-7-14(8-10-15)11-5-4-6-11/h11-12,16H,4-10H2,1-3H3. The summed E-state index contributed by atoms with van der Waals surface area (Å²) in [5, 5.41) is 9.99. The highest BCUT2D eigenvalue weighted by molar-refractivity contribution is 4.83. The molecule has 0 aromatic carbocycles. The van der Waals surface area contributed by atoms with Gasteiger partial charge in [0, 0.05) is 32.2 Å². The van der Waals surface area contributed by atoms with Gasteiger partial charge in [0.05, 0.1) is 5.60 Å². The van der Waals surface area contributed by atoms with Crippen LogP contribution in [-0.2, 0) is 4.74 Å². The minimum atomic E-state index is -0.751. The maximum Gasteiger partial charge on any atom is 0.216 e. The summed E-state index contributed by atoms with van der Waals surface area (Å²) >= 11 is 0. The summed E-state index contributed by atoms with van der Waals surface area (Å²) in [6, 6.07) is 0.817. The van der Waals surface area contributed by atoms with Crippen LogP contribution in [0.25, 0.3) is 0 Å². The maximum absolute atomic E-state index is 9.99. The molecule has 1 unspecified atom stereocenters. The lowest BCUT2D eigenvalue weighted by molar-refractivity contribution is -0.245. The normalized spacial score (nSPS) is 26.8. The van der Waals surface area contributed by atoms with Crippen molar-refractivity contribution in [2.75, 3.05) is 26.2 Å². The number of ether oxygens (including phenoxy) is 1. The van der Waals surface area contributed by atoms with Gasteiger partial charge in [-0.1, -0.05) is 6.42 Å². The quantitative estimate of drug-likeness (QED) is 0.756. The number of hydrogen-bond acceptors (Lipinski definition) is 4. The Labute approximate surface area is 105 Å². The van der Waals surface area contributed by atoms with Crippen molar-refractivity contribution in [3.8, 4) is 0 Å². The van der Waals surface area contributed by atoms with Crippen LogP contribution >= 0.6 is 0 Å². The van der Waals surface area contributed by atoms with Crippen molar-refractivity contribution in [1.29, 1.82) is 0 Å². The highest BCUT2D eigenvalue weighted by Crippen LogP contribution is 2.26. The minimum absolute atomic E-state index is 0.287. The molecule has 2 rings (SSSR count). The van der Waals surface area contributed by atoms with E-state index >= 15 is 0 Å². The maximum atomic E-state index is 9.99. The number of hydrogen-bond donors (Lipinski definition) is 1. The zero-order valence-corrected chi connectivity index (χ0v) is 11.4. The molecule has 0 radical (unpaired) electrons. The molecule has 0 amide bonds. The summed E-state index contributed by atoms with van der Waals surface area (Å²) in [5.74, 6) is 0. The lowest BCUT2D eigenvalue weighted by Gasteiger charge is -2.44. The number of rotatable bonds is 3. The summed E-state index contributed by atoms with van der Waals surface area (Å²) in [4.78, 5) is 4.59. The van der Waals surface area contributed by atoms with E-state index in [9.17, 15) is 5.11 Å². The van der Waals surface area contributed by atoms with E-state index in [0.717, 1.165) is 32.2 Å². The second-order valence-corrected chi connectivity index (χ2v) is 6.21.